The predicted octanol–water partition coefficient (Wildman–Crippen LogP) is 2.37. The molecule has 1 unspecified atom stereocenters. The lowest BCUT2D eigenvalue weighted by Crippen LogP contribution is -2.21. The first kappa shape index (κ1) is 9.04. The second-order valence-corrected chi connectivity index (χ2v) is 3.13. The SMILES string of the molecule is C=CCC1CCC/C(=C\O)C1=O. The van der Waals surface area contributed by atoms with E-state index in [0.29, 0.717) is 5.57 Å². The molecular formula is C10H14O2. The maximum Gasteiger partial charge on any atom is 0.165 e. The zero-order chi connectivity index (χ0) is 8.97. The molecular weight excluding hydrogens is 152 g/mol. The first-order valence-electron chi connectivity index (χ1n) is 4.28. The van der Waals surface area contributed by atoms with Gasteiger partial charge in [-0.15, -0.1) is 6.58 Å². The van der Waals surface area contributed by atoms with Crippen molar-refractivity contribution in [2.24, 2.45) is 5.92 Å². The number of ketones is 1. The minimum atomic E-state index is 0.0645. The lowest BCUT2D eigenvalue weighted by atomic mass is 9.83. The maximum absolute atomic E-state index is 11.5. The number of aliphatic hydroxyl groups is 1. The second kappa shape index (κ2) is 4.10. The van der Waals surface area contributed by atoms with E-state index < -0.39 is 0 Å². The van der Waals surface area contributed by atoms with Gasteiger partial charge >= 0.3 is 0 Å². The quantitative estimate of drug-likeness (QED) is 0.388. The van der Waals surface area contributed by atoms with E-state index in [0.717, 1.165) is 31.9 Å². The molecule has 0 heterocycles. The normalized spacial score (nSPS) is 27.5. The number of hydrogen-bond acceptors (Lipinski definition) is 2. The van der Waals surface area contributed by atoms with Gasteiger partial charge in [0.1, 0.15) is 0 Å². The summed E-state index contributed by atoms with van der Waals surface area (Å²) in [6.07, 6.45) is 6.11. The van der Waals surface area contributed by atoms with Gasteiger partial charge in [-0.1, -0.05) is 6.08 Å². The minimum absolute atomic E-state index is 0.0645. The van der Waals surface area contributed by atoms with E-state index in [9.17, 15) is 4.79 Å². The van der Waals surface area contributed by atoms with Crippen molar-refractivity contribution in [1.29, 1.82) is 0 Å². The lowest BCUT2D eigenvalue weighted by molar-refractivity contribution is -0.120. The molecule has 1 rings (SSSR count). The van der Waals surface area contributed by atoms with Crippen molar-refractivity contribution in [3.63, 3.8) is 0 Å². The van der Waals surface area contributed by atoms with Crippen LogP contribution in [0.4, 0.5) is 0 Å². The summed E-state index contributed by atoms with van der Waals surface area (Å²) in [5.74, 6) is 0.165. The van der Waals surface area contributed by atoms with Gasteiger partial charge < -0.3 is 5.11 Å². The van der Waals surface area contributed by atoms with Crippen molar-refractivity contribution in [1.82, 2.24) is 0 Å². The van der Waals surface area contributed by atoms with Crippen molar-refractivity contribution in [2.45, 2.75) is 25.7 Å². The van der Waals surface area contributed by atoms with E-state index in [4.69, 9.17) is 5.11 Å². The van der Waals surface area contributed by atoms with E-state index in [1.165, 1.54) is 0 Å². The molecule has 1 aliphatic carbocycles. The third kappa shape index (κ3) is 1.76. The van der Waals surface area contributed by atoms with E-state index >= 15 is 0 Å². The fourth-order valence-corrected chi connectivity index (χ4v) is 1.61. The van der Waals surface area contributed by atoms with Crippen LogP contribution in [-0.2, 0) is 4.79 Å². The van der Waals surface area contributed by atoms with Gasteiger partial charge in [-0.2, -0.15) is 0 Å². The Morgan fingerprint density at radius 1 is 1.67 bits per heavy atom. The molecule has 0 aromatic heterocycles. The third-order valence-electron chi connectivity index (χ3n) is 2.29. The fourth-order valence-electron chi connectivity index (χ4n) is 1.61. The molecule has 1 fully saturated rings. The number of rotatable bonds is 2. The van der Waals surface area contributed by atoms with E-state index in [1.54, 1.807) is 6.08 Å². The second-order valence-electron chi connectivity index (χ2n) is 3.13. The van der Waals surface area contributed by atoms with Gasteiger partial charge in [0.2, 0.25) is 0 Å². The summed E-state index contributed by atoms with van der Waals surface area (Å²) in [4.78, 5) is 11.5. The summed E-state index contributed by atoms with van der Waals surface area (Å²) in [5, 5.41) is 8.74. The Kier molecular flexibility index (Phi) is 3.09. The number of aliphatic hydroxyl groups excluding tert-OH is 1. The zero-order valence-electron chi connectivity index (χ0n) is 7.12. The van der Waals surface area contributed by atoms with Gasteiger partial charge in [-0.3, -0.25) is 4.79 Å². The highest BCUT2D eigenvalue weighted by Gasteiger charge is 2.25. The molecule has 0 bridgehead atoms. The van der Waals surface area contributed by atoms with Crippen molar-refractivity contribution in [3.05, 3.63) is 24.5 Å². The molecule has 0 spiro atoms. The highest BCUT2D eigenvalue weighted by molar-refractivity contribution is 5.97. The smallest absolute Gasteiger partial charge is 0.165 e. The molecule has 1 saturated carbocycles. The number of Topliss-reactive ketones (excluding diaryl/α,β-unsaturated/α-hetero) is 1. The van der Waals surface area contributed by atoms with Gasteiger partial charge in [-0.25, -0.2) is 0 Å². The molecule has 1 N–H and O–H groups in total. The number of carbonyl (C=O) groups is 1. The minimum Gasteiger partial charge on any atom is -0.515 e. The number of hydrogen-bond donors (Lipinski definition) is 1. The average Bonchev–Trinajstić information content (AvgIpc) is 2.09. The number of carbonyl (C=O) groups excluding carboxylic acids is 1. The molecule has 0 saturated heterocycles. The first-order chi connectivity index (χ1) is 5.79. The van der Waals surface area contributed by atoms with Crippen LogP contribution in [0.15, 0.2) is 24.5 Å². The van der Waals surface area contributed by atoms with Crippen molar-refractivity contribution >= 4 is 5.78 Å². The van der Waals surface area contributed by atoms with Crippen LogP contribution in [0.25, 0.3) is 0 Å². The average molecular weight is 166 g/mol. The molecule has 66 valence electrons. The molecule has 1 atom stereocenters. The van der Waals surface area contributed by atoms with Crippen molar-refractivity contribution < 1.29 is 9.90 Å². The van der Waals surface area contributed by atoms with Crippen LogP contribution in [0.1, 0.15) is 25.7 Å². The Morgan fingerprint density at radius 2 is 2.42 bits per heavy atom. The van der Waals surface area contributed by atoms with Crippen LogP contribution < -0.4 is 0 Å². The molecule has 0 amide bonds. The molecule has 0 radical (unpaired) electrons. The Labute approximate surface area is 72.6 Å². The van der Waals surface area contributed by atoms with Crippen LogP contribution >= 0.6 is 0 Å². The summed E-state index contributed by atoms with van der Waals surface area (Å²) < 4.78 is 0. The highest BCUT2D eigenvalue weighted by Crippen LogP contribution is 2.27. The summed E-state index contributed by atoms with van der Waals surface area (Å²) in [7, 11) is 0. The number of allylic oxidation sites excluding steroid dienone is 2. The molecule has 0 aromatic rings. The largest absolute Gasteiger partial charge is 0.515 e. The third-order valence-corrected chi connectivity index (χ3v) is 2.29. The zero-order valence-corrected chi connectivity index (χ0v) is 7.12. The molecule has 0 aromatic carbocycles. The van der Waals surface area contributed by atoms with Crippen LogP contribution in [0, 0.1) is 5.92 Å². The molecule has 1 aliphatic rings. The maximum atomic E-state index is 11.5. The molecule has 0 aliphatic heterocycles. The fraction of sp³-hybridized carbons (Fsp3) is 0.500. The van der Waals surface area contributed by atoms with Crippen LogP contribution in [-0.4, -0.2) is 10.9 Å². The van der Waals surface area contributed by atoms with Gasteiger partial charge in [-0.05, 0) is 25.7 Å². The van der Waals surface area contributed by atoms with Gasteiger partial charge in [0.25, 0.3) is 0 Å². The molecule has 2 nitrogen and oxygen atoms in total. The molecule has 12 heavy (non-hydrogen) atoms. The van der Waals surface area contributed by atoms with Gasteiger partial charge in [0.05, 0.1) is 6.26 Å². The van der Waals surface area contributed by atoms with E-state index in [-0.39, 0.29) is 11.7 Å². The predicted molar refractivity (Wildman–Crippen MR) is 47.9 cm³/mol. The van der Waals surface area contributed by atoms with E-state index in [1.807, 2.05) is 0 Å². The Balaban J connectivity index is 2.65. The highest BCUT2D eigenvalue weighted by atomic mass is 16.2. The Hall–Kier alpha value is -1.05. The Morgan fingerprint density at radius 3 is 3.00 bits per heavy atom. The van der Waals surface area contributed by atoms with Gasteiger partial charge in [0, 0.05) is 11.5 Å². The molecule has 2 heteroatoms. The topological polar surface area (TPSA) is 37.3 Å². The van der Waals surface area contributed by atoms with Crippen molar-refractivity contribution in [3.8, 4) is 0 Å². The monoisotopic (exact) mass is 166 g/mol. The van der Waals surface area contributed by atoms with Crippen molar-refractivity contribution in [2.75, 3.05) is 0 Å². The first-order valence-corrected chi connectivity index (χ1v) is 4.28. The van der Waals surface area contributed by atoms with E-state index in [2.05, 4.69) is 6.58 Å². The summed E-state index contributed by atoms with van der Waals surface area (Å²) in [6, 6.07) is 0. The summed E-state index contributed by atoms with van der Waals surface area (Å²) in [6.45, 7) is 3.61. The summed E-state index contributed by atoms with van der Waals surface area (Å²) >= 11 is 0. The van der Waals surface area contributed by atoms with Crippen LogP contribution in [0.5, 0.6) is 0 Å². The lowest BCUT2D eigenvalue weighted by Gasteiger charge is -2.20. The summed E-state index contributed by atoms with van der Waals surface area (Å²) in [5.41, 5.74) is 0.577. The van der Waals surface area contributed by atoms with Gasteiger partial charge in [0.15, 0.2) is 5.78 Å². The van der Waals surface area contributed by atoms with Crippen LogP contribution in [0.2, 0.25) is 0 Å². The Bertz CT molecular complexity index is 216. The standard InChI is InChI=1S/C10H14O2/c1-2-4-8-5-3-6-9(7-11)10(8)12/h2,7-8,11H,1,3-6H2/b9-7+. The van der Waals surface area contributed by atoms with Crippen LogP contribution in [0.3, 0.4) is 0 Å².